The number of nitrogens with one attached hydrogen (secondary N) is 2. The molecule has 4 N–H and O–H groups in total. The monoisotopic (exact) mass is 299 g/mol. The first-order valence-electron chi connectivity index (χ1n) is 6.93. The van der Waals surface area contributed by atoms with Crippen LogP contribution in [0.1, 0.15) is 19.0 Å². The highest BCUT2D eigenvalue weighted by Gasteiger charge is 2.42. The average molecular weight is 299 g/mol. The first-order valence-corrected chi connectivity index (χ1v) is 6.93. The molecule has 118 valence electrons. The van der Waals surface area contributed by atoms with Gasteiger partial charge in [-0.3, -0.25) is 9.78 Å². The topological polar surface area (TPSA) is 117 Å². The van der Waals surface area contributed by atoms with Crippen LogP contribution in [0, 0.1) is 0 Å². The highest BCUT2D eigenvalue weighted by molar-refractivity contribution is 5.25. The normalized spacial score (nSPS) is 28.8. The summed E-state index contributed by atoms with van der Waals surface area (Å²) in [5.74, 6) is 0.317. The van der Waals surface area contributed by atoms with Crippen LogP contribution in [-0.2, 0) is 15.9 Å². The highest BCUT2D eigenvalue weighted by Crippen LogP contribution is 2.21. The van der Waals surface area contributed by atoms with Crippen LogP contribution in [0.15, 0.2) is 10.9 Å². The van der Waals surface area contributed by atoms with Crippen molar-refractivity contribution in [2.45, 2.75) is 44.4 Å². The Bertz CT molecular complexity index is 521. The molecule has 1 aromatic rings. The second kappa shape index (κ2) is 6.99. The minimum Gasteiger partial charge on any atom is -0.387 e. The Morgan fingerprint density at radius 3 is 2.86 bits per heavy atom. The SMILES string of the molecule is CCCc1cc(=O)[nH]c(NC[C@H]2O[C@@H](OC)[C@H](O)[C@@H]2O)n1. The number of hydrogen-bond donors (Lipinski definition) is 4. The zero-order chi connectivity index (χ0) is 15.4. The van der Waals surface area contributed by atoms with Crippen LogP contribution in [-0.4, -0.2) is 58.4 Å². The van der Waals surface area contributed by atoms with Gasteiger partial charge in [-0.25, -0.2) is 4.98 Å². The van der Waals surface area contributed by atoms with Gasteiger partial charge in [0.25, 0.3) is 5.56 Å². The lowest BCUT2D eigenvalue weighted by molar-refractivity contribution is -0.146. The van der Waals surface area contributed by atoms with E-state index in [0.29, 0.717) is 18.1 Å². The van der Waals surface area contributed by atoms with Gasteiger partial charge >= 0.3 is 0 Å². The van der Waals surface area contributed by atoms with Crippen LogP contribution < -0.4 is 10.9 Å². The molecular formula is C13H21N3O5. The number of aliphatic hydroxyl groups is 2. The molecule has 0 saturated carbocycles. The molecule has 1 fully saturated rings. The molecule has 2 heterocycles. The van der Waals surface area contributed by atoms with Gasteiger partial charge in [-0.15, -0.1) is 0 Å². The fraction of sp³-hybridized carbons (Fsp3) is 0.692. The molecule has 0 aliphatic carbocycles. The van der Waals surface area contributed by atoms with Gasteiger partial charge in [-0.2, -0.15) is 0 Å². The summed E-state index contributed by atoms with van der Waals surface area (Å²) < 4.78 is 10.3. The van der Waals surface area contributed by atoms with E-state index >= 15 is 0 Å². The number of aryl methyl sites for hydroxylation is 1. The maximum atomic E-state index is 11.5. The Hall–Kier alpha value is -1.48. The quantitative estimate of drug-likeness (QED) is 0.545. The van der Waals surface area contributed by atoms with E-state index in [1.54, 1.807) is 0 Å². The van der Waals surface area contributed by atoms with Crippen molar-refractivity contribution in [1.29, 1.82) is 0 Å². The number of aliphatic hydroxyl groups excluding tert-OH is 2. The third-order valence-corrected chi connectivity index (χ3v) is 3.32. The van der Waals surface area contributed by atoms with Gasteiger partial charge in [0.05, 0.1) is 0 Å². The summed E-state index contributed by atoms with van der Waals surface area (Å²) in [5, 5.41) is 22.4. The van der Waals surface area contributed by atoms with Crippen molar-refractivity contribution in [2.24, 2.45) is 0 Å². The summed E-state index contributed by atoms with van der Waals surface area (Å²) in [6, 6.07) is 1.46. The van der Waals surface area contributed by atoms with E-state index in [0.717, 1.165) is 6.42 Å². The number of hydrogen-bond acceptors (Lipinski definition) is 7. The van der Waals surface area contributed by atoms with Crippen LogP contribution >= 0.6 is 0 Å². The van der Waals surface area contributed by atoms with Gasteiger partial charge in [0.1, 0.15) is 18.3 Å². The Balaban J connectivity index is 1.98. The maximum absolute atomic E-state index is 11.5. The highest BCUT2D eigenvalue weighted by atomic mass is 16.7. The minimum atomic E-state index is -1.10. The van der Waals surface area contributed by atoms with Crippen molar-refractivity contribution in [1.82, 2.24) is 9.97 Å². The molecule has 4 atom stereocenters. The molecule has 0 radical (unpaired) electrons. The molecule has 8 heteroatoms. The average Bonchev–Trinajstić information content (AvgIpc) is 2.72. The number of H-pyrrole nitrogens is 1. The van der Waals surface area contributed by atoms with Gasteiger partial charge < -0.3 is 25.0 Å². The zero-order valence-electron chi connectivity index (χ0n) is 12.1. The second-order valence-corrected chi connectivity index (χ2v) is 4.98. The lowest BCUT2D eigenvalue weighted by atomic mass is 10.1. The van der Waals surface area contributed by atoms with Gasteiger partial charge in [-0.1, -0.05) is 13.3 Å². The van der Waals surface area contributed by atoms with E-state index < -0.39 is 24.6 Å². The lowest BCUT2D eigenvalue weighted by Crippen LogP contribution is -2.36. The Morgan fingerprint density at radius 2 is 2.24 bits per heavy atom. The summed E-state index contributed by atoms with van der Waals surface area (Å²) in [4.78, 5) is 18.4. The van der Waals surface area contributed by atoms with E-state index in [-0.39, 0.29) is 12.1 Å². The predicted molar refractivity (Wildman–Crippen MR) is 75.0 cm³/mol. The molecule has 1 aliphatic rings. The summed E-state index contributed by atoms with van der Waals surface area (Å²) >= 11 is 0. The largest absolute Gasteiger partial charge is 0.387 e. The van der Waals surface area contributed by atoms with Crippen molar-refractivity contribution in [3.63, 3.8) is 0 Å². The molecule has 21 heavy (non-hydrogen) atoms. The van der Waals surface area contributed by atoms with E-state index in [1.165, 1.54) is 13.2 Å². The number of anilines is 1. The molecule has 1 saturated heterocycles. The molecule has 0 amide bonds. The molecule has 0 aromatic carbocycles. The number of rotatable bonds is 6. The number of ether oxygens (including phenoxy) is 2. The molecule has 0 bridgehead atoms. The van der Waals surface area contributed by atoms with Gasteiger partial charge in [0.2, 0.25) is 5.95 Å². The first kappa shape index (κ1) is 15.9. The number of methoxy groups -OCH3 is 1. The maximum Gasteiger partial charge on any atom is 0.252 e. The smallest absolute Gasteiger partial charge is 0.252 e. The van der Waals surface area contributed by atoms with Gasteiger partial charge in [-0.05, 0) is 6.42 Å². The van der Waals surface area contributed by atoms with E-state index in [2.05, 4.69) is 15.3 Å². The van der Waals surface area contributed by atoms with Crippen LogP contribution in [0.3, 0.4) is 0 Å². The number of aromatic nitrogens is 2. The summed E-state index contributed by atoms with van der Waals surface area (Å²) in [5.41, 5.74) is 0.463. The van der Waals surface area contributed by atoms with Crippen LogP contribution in [0.25, 0.3) is 0 Å². The second-order valence-electron chi connectivity index (χ2n) is 4.98. The van der Waals surface area contributed by atoms with Crippen molar-refractivity contribution >= 4 is 5.95 Å². The van der Waals surface area contributed by atoms with E-state index in [4.69, 9.17) is 9.47 Å². The van der Waals surface area contributed by atoms with Gasteiger partial charge in [0.15, 0.2) is 6.29 Å². The molecule has 1 aliphatic heterocycles. The van der Waals surface area contributed by atoms with Crippen molar-refractivity contribution in [3.05, 3.63) is 22.1 Å². The van der Waals surface area contributed by atoms with Crippen LogP contribution in [0.4, 0.5) is 5.95 Å². The van der Waals surface area contributed by atoms with Crippen LogP contribution in [0.5, 0.6) is 0 Å². The van der Waals surface area contributed by atoms with Crippen LogP contribution in [0.2, 0.25) is 0 Å². The third kappa shape index (κ3) is 3.79. The van der Waals surface area contributed by atoms with Crippen molar-refractivity contribution < 1.29 is 19.7 Å². The third-order valence-electron chi connectivity index (χ3n) is 3.32. The van der Waals surface area contributed by atoms with Gasteiger partial charge in [0, 0.05) is 25.4 Å². The Kier molecular flexibility index (Phi) is 5.29. The number of aromatic amines is 1. The molecule has 0 unspecified atom stereocenters. The Morgan fingerprint density at radius 1 is 1.48 bits per heavy atom. The summed E-state index contributed by atoms with van der Waals surface area (Å²) in [7, 11) is 1.39. The van der Waals surface area contributed by atoms with Crippen molar-refractivity contribution in [3.8, 4) is 0 Å². The molecule has 8 nitrogen and oxygen atoms in total. The zero-order valence-corrected chi connectivity index (χ0v) is 12.1. The molecule has 2 rings (SSSR count). The van der Waals surface area contributed by atoms with Crippen molar-refractivity contribution in [2.75, 3.05) is 19.0 Å². The molecule has 1 aromatic heterocycles. The molecular weight excluding hydrogens is 278 g/mol. The lowest BCUT2D eigenvalue weighted by Gasteiger charge is -2.15. The standard InChI is InChI=1S/C13H21N3O5/c1-3-4-7-5-9(17)16-13(15-7)14-6-8-10(18)11(19)12(20-2)21-8/h5,8,10-12,18-19H,3-4,6H2,1-2H3,(H2,14,15,16,17)/t8-,10-,11-,12-/m1/s1. The molecule has 0 spiro atoms. The summed E-state index contributed by atoms with van der Waals surface area (Å²) in [6.45, 7) is 2.20. The van der Waals surface area contributed by atoms with E-state index in [1.807, 2.05) is 6.92 Å². The fourth-order valence-electron chi connectivity index (χ4n) is 2.25. The minimum absolute atomic E-state index is 0.191. The first-order chi connectivity index (χ1) is 10.0. The van der Waals surface area contributed by atoms with E-state index in [9.17, 15) is 15.0 Å². The number of nitrogens with zero attached hydrogens (tertiary/aromatic N) is 1. The fourth-order valence-corrected chi connectivity index (χ4v) is 2.25. The Labute approximate surface area is 122 Å². The predicted octanol–water partition coefficient (Wildman–Crippen LogP) is -0.773. The summed E-state index contributed by atoms with van der Waals surface area (Å²) in [6.07, 6.45) is -2.06.